The van der Waals surface area contributed by atoms with E-state index < -0.39 is 6.04 Å². The summed E-state index contributed by atoms with van der Waals surface area (Å²) in [6.45, 7) is 2.58. The van der Waals surface area contributed by atoms with Crippen molar-refractivity contribution in [2.24, 2.45) is 4.99 Å². The fraction of sp³-hybridized carbons (Fsp3) is 0.417. The molecular weight excluding hydrogens is 678 g/mol. The minimum absolute atomic E-state index is 0.0393. The van der Waals surface area contributed by atoms with Crippen LogP contribution in [0.15, 0.2) is 76.2 Å². The lowest BCUT2D eigenvalue weighted by Crippen LogP contribution is -2.35. The zero-order valence-corrected chi connectivity index (χ0v) is 29.3. The highest BCUT2D eigenvalue weighted by Crippen LogP contribution is 2.32. The Hall–Kier alpha value is -3.76. The van der Waals surface area contributed by atoms with Crippen molar-refractivity contribution >= 4 is 67.6 Å². The van der Waals surface area contributed by atoms with E-state index in [1.54, 1.807) is 22.9 Å². The van der Waals surface area contributed by atoms with Gasteiger partial charge in [-0.25, -0.2) is 14.7 Å². The number of unbranched alkanes of at least 4 members (excludes halogenated alkanes) is 10. The van der Waals surface area contributed by atoms with Crippen molar-refractivity contribution in [1.29, 1.82) is 0 Å². The minimum Gasteiger partial charge on any atom is -0.326 e. The number of aromatic nitrogens is 3. The summed E-state index contributed by atoms with van der Waals surface area (Å²) in [5.41, 5.74) is 6.51. The van der Waals surface area contributed by atoms with E-state index in [0.29, 0.717) is 46.2 Å². The molecule has 1 aliphatic rings. The Bertz CT molecular complexity index is 1680. The fourth-order valence-corrected chi connectivity index (χ4v) is 6.30. The third kappa shape index (κ3) is 9.64. The number of aliphatic imine (C=N–C) groups is 1. The van der Waals surface area contributed by atoms with Crippen LogP contribution >= 0.6 is 27.5 Å². The van der Waals surface area contributed by atoms with Crippen LogP contribution in [0.5, 0.6) is 0 Å². The van der Waals surface area contributed by atoms with E-state index >= 15 is 0 Å². The summed E-state index contributed by atoms with van der Waals surface area (Å²) in [7, 11) is 0. The molecule has 1 aromatic heterocycles. The number of anilines is 1. The molecule has 5 rings (SSSR count). The first-order valence-corrected chi connectivity index (χ1v) is 17.9. The van der Waals surface area contributed by atoms with Crippen LogP contribution in [0.1, 0.15) is 95.6 Å². The highest BCUT2D eigenvalue weighted by Gasteiger charge is 2.40. The summed E-state index contributed by atoms with van der Waals surface area (Å²) in [6, 6.07) is 19.6. The van der Waals surface area contributed by atoms with Crippen molar-refractivity contribution in [3.05, 3.63) is 81.8 Å². The van der Waals surface area contributed by atoms with Crippen LogP contribution < -0.4 is 10.7 Å². The number of benzene rings is 3. The lowest BCUT2D eigenvalue weighted by molar-refractivity contribution is -0.132. The Balaban J connectivity index is 1.24. The maximum atomic E-state index is 13.9. The van der Waals surface area contributed by atoms with Gasteiger partial charge in [0.25, 0.3) is 5.91 Å². The van der Waals surface area contributed by atoms with Crippen LogP contribution in [-0.2, 0) is 16.1 Å². The first-order chi connectivity index (χ1) is 22.9. The van der Waals surface area contributed by atoms with Gasteiger partial charge in [0, 0.05) is 16.6 Å². The van der Waals surface area contributed by atoms with Crippen LogP contribution in [0.3, 0.4) is 0 Å². The lowest BCUT2D eigenvalue weighted by Gasteiger charge is -2.15. The number of amidine groups is 1. The molecule has 4 aromatic rings. The molecule has 47 heavy (non-hydrogen) atoms. The van der Waals surface area contributed by atoms with Gasteiger partial charge in [-0.3, -0.25) is 15.0 Å². The Morgan fingerprint density at radius 3 is 2.36 bits per heavy atom. The van der Waals surface area contributed by atoms with E-state index in [1.165, 1.54) is 56.4 Å². The molecule has 9 nitrogen and oxygen atoms in total. The summed E-state index contributed by atoms with van der Waals surface area (Å²) in [5, 5.41) is 13.5. The second-order valence-electron chi connectivity index (χ2n) is 12.1. The zero-order chi connectivity index (χ0) is 33.0. The molecule has 2 amide bonds. The van der Waals surface area contributed by atoms with Gasteiger partial charge in [0.2, 0.25) is 5.91 Å². The summed E-state index contributed by atoms with van der Waals surface area (Å²) in [5.74, 6) is 0.0820. The maximum Gasteiger partial charge on any atom is 0.274 e. The second-order valence-corrected chi connectivity index (χ2v) is 13.4. The van der Waals surface area contributed by atoms with Gasteiger partial charge in [0.15, 0.2) is 11.9 Å². The Morgan fingerprint density at radius 2 is 1.64 bits per heavy atom. The number of halogens is 2. The number of nitrogens with one attached hydrogen (secondary N) is 2. The predicted molar refractivity (Wildman–Crippen MR) is 193 cm³/mol. The van der Waals surface area contributed by atoms with Gasteiger partial charge < -0.3 is 5.32 Å². The normalized spacial score (nSPS) is 15.5. The number of hydrogen-bond donors (Lipinski definition) is 2. The molecular formula is C36H43BrClN7O2. The van der Waals surface area contributed by atoms with Gasteiger partial charge in [0.1, 0.15) is 5.52 Å². The summed E-state index contributed by atoms with van der Waals surface area (Å²) < 4.78 is 2.41. The number of carbonyl (C=O) groups excluding carboxylic acids is 2. The molecule has 2 heterocycles. The zero-order valence-electron chi connectivity index (χ0n) is 26.9. The molecule has 3 aromatic carbocycles. The SMILES string of the molecule is CCCCCCCCCCCCCC(=O)Nc1ccc(Cl)c(N=C2NN(Cc3ccccc3)C(=O)C2n2nnc3ccc(Br)cc32)c1. The third-order valence-corrected chi connectivity index (χ3v) is 9.16. The van der Waals surface area contributed by atoms with E-state index in [9.17, 15) is 9.59 Å². The van der Waals surface area contributed by atoms with Gasteiger partial charge in [0.05, 0.1) is 22.8 Å². The number of carbonyl (C=O) groups is 2. The van der Waals surface area contributed by atoms with Gasteiger partial charge >= 0.3 is 0 Å². The smallest absolute Gasteiger partial charge is 0.274 e. The van der Waals surface area contributed by atoms with Crippen molar-refractivity contribution in [2.45, 2.75) is 96.6 Å². The highest BCUT2D eigenvalue weighted by molar-refractivity contribution is 9.10. The molecule has 0 bridgehead atoms. The highest BCUT2D eigenvalue weighted by atomic mass is 79.9. The monoisotopic (exact) mass is 719 g/mol. The quantitative estimate of drug-likeness (QED) is 0.106. The molecule has 11 heteroatoms. The van der Waals surface area contributed by atoms with Crippen molar-refractivity contribution in [3.8, 4) is 0 Å². The molecule has 0 spiro atoms. The average molecular weight is 721 g/mol. The number of nitrogens with zero attached hydrogens (tertiary/aromatic N) is 5. The number of rotatable bonds is 17. The first kappa shape index (κ1) is 34.6. The molecule has 0 aliphatic carbocycles. The fourth-order valence-electron chi connectivity index (χ4n) is 5.79. The van der Waals surface area contributed by atoms with Crippen molar-refractivity contribution in [2.75, 3.05) is 5.32 Å². The molecule has 1 aliphatic heterocycles. The van der Waals surface area contributed by atoms with Crippen molar-refractivity contribution in [1.82, 2.24) is 25.4 Å². The summed E-state index contributed by atoms with van der Waals surface area (Å²) in [4.78, 5) is 31.5. The minimum atomic E-state index is -0.895. The van der Waals surface area contributed by atoms with Crippen LogP contribution in [0.25, 0.3) is 11.0 Å². The number of hydrazine groups is 1. The summed E-state index contributed by atoms with van der Waals surface area (Å²) in [6.07, 6.45) is 14.1. The van der Waals surface area contributed by atoms with E-state index in [2.05, 4.69) is 43.9 Å². The number of fused-ring (bicyclic) bond motifs is 1. The van der Waals surface area contributed by atoms with E-state index in [4.69, 9.17) is 16.6 Å². The van der Waals surface area contributed by atoms with E-state index in [0.717, 1.165) is 29.3 Å². The van der Waals surface area contributed by atoms with Crippen LogP contribution in [0.2, 0.25) is 5.02 Å². The summed E-state index contributed by atoms with van der Waals surface area (Å²) >= 11 is 10.1. The maximum absolute atomic E-state index is 13.9. The third-order valence-electron chi connectivity index (χ3n) is 8.35. The van der Waals surface area contributed by atoms with Gasteiger partial charge in [-0.2, -0.15) is 0 Å². The van der Waals surface area contributed by atoms with Crippen molar-refractivity contribution < 1.29 is 9.59 Å². The Morgan fingerprint density at radius 1 is 0.936 bits per heavy atom. The topological polar surface area (TPSA) is 105 Å². The van der Waals surface area contributed by atoms with Gasteiger partial charge in [-0.1, -0.05) is 134 Å². The van der Waals surface area contributed by atoms with Crippen LogP contribution in [0, 0.1) is 0 Å². The standard InChI is InChI=1S/C36H43BrClN7O2/c1-2-3-4-5-6-7-8-9-10-11-15-18-33(46)39-28-20-21-29(38)31(24-28)40-35-34(45-32-23-27(37)19-22-30(32)41-43-45)36(47)44(42-35)25-26-16-13-12-14-17-26/h12-14,16-17,19-24,34H,2-11,15,18,25H2,1H3,(H,39,46)(H,40,42). The molecule has 0 saturated carbocycles. The molecule has 1 atom stereocenters. The average Bonchev–Trinajstić information content (AvgIpc) is 3.60. The Kier molecular flexibility index (Phi) is 12.8. The molecule has 0 radical (unpaired) electrons. The van der Waals surface area contributed by atoms with Crippen LogP contribution in [0.4, 0.5) is 11.4 Å². The Labute approximate surface area is 290 Å². The largest absolute Gasteiger partial charge is 0.326 e. The van der Waals surface area contributed by atoms with E-state index in [1.807, 2.05) is 48.5 Å². The van der Waals surface area contributed by atoms with Gasteiger partial charge in [-0.15, -0.1) is 5.10 Å². The van der Waals surface area contributed by atoms with Crippen molar-refractivity contribution in [3.63, 3.8) is 0 Å². The number of amides is 2. The molecule has 1 unspecified atom stereocenters. The molecule has 2 N–H and O–H groups in total. The lowest BCUT2D eigenvalue weighted by atomic mass is 10.1. The van der Waals surface area contributed by atoms with Gasteiger partial charge in [-0.05, 0) is 48.4 Å². The molecule has 248 valence electrons. The predicted octanol–water partition coefficient (Wildman–Crippen LogP) is 9.31. The molecule has 1 saturated heterocycles. The van der Waals surface area contributed by atoms with E-state index in [-0.39, 0.29) is 11.8 Å². The first-order valence-electron chi connectivity index (χ1n) is 16.7. The second kappa shape index (κ2) is 17.4. The van der Waals surface area contributed by atoms with Crippen LogP contribution in [-0.4, -0.2) is 37.7 Å². The number of hydrogen-bond acceptors (Lipinski definition) is 5. The molecule has 1 fully saturated rings.